The first-order valence-electron chi connectivity index (χ1n) is 3.02. The molecule has 0 aromatic carbocycles. The maximum Gasteiger partial charge on any atom is 0.251 e. The van der Waals surface area contributed by atoms with Crippen molar-refractivity contribution in [3.8, 4) is 0 Å². The molecule has 0 aliphatic rings. The van der Waals surface area contributed by atoms with Gasteiger partial charge in [0.15, 0.2) is 0 Å². The summed E-state index contributed by atoms with van der Waals surface area (Å²) in [4.78, 5) is 1.62. The number of hydrogen-bond acceptors (Lipinski definition) is 1. The summed E-state index contributed by atoms with van der Waals surface area (Å²) in [5.41, 5.74) is 0. The second-order valence-electron chi connectivity index (χ2n) is 2.42. The molecule has 3 heteroatoms. The highest BCUT2D eigenvalue weighted by atomic mass is 19.3. The first kappa shape index (κ1) is 8.82. The Bertz CT molecular complexity index is 73.5. The molecule has 0 heterocycles. The van der Waals surface area contributed by atoms with Crippen LogP contribution in [0.3, 0.4) is 0 Å². The van der Waals surface area contributed by atoms with Crippen LogP contribution in [0.2, 0.25) is 0 Å². The molecule has 0 fully saturated rings. The van der Waals surface area contributed by atoms with E-state index in [2.05, 4.69) is 0 Å². The molecule has 0 spiro atoms. The molecule has 56 valence electrons. The summed E-state index contributed by atoms with van der Waals surface area (Å²) in [5, 5.41) is 0. The van der Waals surface area contributed by atoms with Crippen LogP contribution in [0.5, 0.6) is 0 Å². The van der Waals surface area contributed by atoms with E-state index < -0.39 is 6.43 Å². The van der Waals surface area contributed by atoms with Gasteiger partial charge in [-0.1, -0.05) is 0 Å². The van der Waals surface area contributed by atoms with Crippen molar-refractivity contribution in [2.24, 2.45) is 0 Å². The van der Waals surface area contributed by atoms with Crippen LogP contribution in [0.4, 0.5) is 8.78 Å². The zero-order valence-electron chi connectivity index (χ0n) is 6.06. The lowest BCUT2D eigenvalue weighted by Crippen LogP contribution is -2.30. The quantitative estimate of drug-likeness (QED) is 0.571. The van der Waals surface area contributed by atoms with E-state index in [0.717, 1.165) is 0 Å². The molecule has 0 radical (unpaired) electrons. The summed E-state index contributed by atoms with van der Waals surface area (Å²) in [7, 11) is 1.69. The molecule has 0 aliphatic carbocycles. The molecule has 0 aromatic rings. The molecule has 0 N–H and O–H groups in total. The zero-order chi connectivity index (χ0) is 7.44. The van der Waals surface area contributed by atoms with Gasteiger partial charge in [-0.3, -0.25) is 4.90 Å². The topological polar surface area (TPSA) is 3.24 Å². The van der Waals surface area contributed by atoms with Crippen LogP contribution in [0, 0.1) is 0 Å². The zero-order valence-corrected chi connectivity index (χ0v) is 6.06. The van der Waals surface area contributed by atoms with Crippen molar-refractivity contribution < 1.29 is 8.78 Å². The van der Waals surface area contributed by atoms with Gasteiger partial charge >= 0.3 is 0 Å². The van der Waals surface area contributed by atoms with Gasteiger partial charge in [-0.15, -0.1) is 0 Å². The van der Waals surface area contributed by atoms with Crippen molar-refractivity contribution in [1.29, 1.82) is 0 Å². The third-order valence-corrected chi connectivity index (χ3v) is 1.31. The smallest absolute Gasteiger partial charge is 0.251 e. The van der Waals surface area contributed by atoms with E-state index in [4.69, 9.17) is 0 Å². The average molecular weight is 137 g/mol. The van der Waals surface area contributed by atoms with Crippen LogP contribution >= 0.6 is 0 Å². The molecular formula is C6H13F2N. The van der Waals surface area contributed by atoms with E-state index in [1.807, 2.05) is 13.8 Å². The summed E-state index contributed by atoms with van der Waals surface area (Å²) in [6, 6.07) is 0.207. The standard InChI is InChI=1S/C6H13F2N/c1-5(2)9(3)4-6(7)8/h5-6H,4H2,1-3H3. The number of halogens is 2. The van der Waals surface area contributed by atoms with Crippen LogP contribution in [0.1, 0.15) is 13.8 Å². The van der Waals surface area contributed by atoms with Gasteiger partial charge in [0.2, 0.25) is 0 Å². The highest BCUT2D eigenvalue weighted by Crippen LogP contribution is 1.99. The largest absolute Gasteiger partial charge is 0.298 e. The van der Waals surface area contributed by atoms with Gasteiger partial charge in [-0.05, 0) is 20.9 Å². The summed E-state index contributed by atoms with van der Waals surface area (Å²) < 4.78 is 23.2. The third kappa shape index (κ3) is 4.33. The first-order chi connectivity index (χ1) is 4.04. The Morgan fingerprint density at radius 2 is 1.78 bits per heavy atom. The van der Waals surface area contributed by atoms with Gasteiger partial charge in [-0.25, -0.2) is 8.78 Å². The Kier molecular flexibility index (Phi) is 3.70. The summed E-state index contributed by atoms with van der Waals surface area (Å²) in [6.07, 6.45) is -2.21. The van der Waals surface area contributed by atoms with Crippen molar-refractivity contribution in [3.05, 3.63) is 0 Å². The fourth-order valence-corrected chi connectivity index (χ4v) is 0.429. The molecule has 9 heavy (non-hydrogen) atoms. The highest BCUT2D eigenvalue weighted by Gasteiger charge is 2.09. The van der Waals surface area contributed by atoms with Crippen LogP contribution in [-0.4, -0.2) is 31.0 Å². The maximum absolute atomic E-state index is 11.6. The average Bonchev–Trinajstić information content (AvgIpc) is 1.63. The molecule has 0 saturated carbocycles. The lowest BCUT2D eigenvalue weighted by molar-refractivity contribution is 0.0877. The molecule has 0 unspecified atom stereocenters. The summed E-state index contributed by atoms with van der Waals surface area (Å²) >= 11 is 0. The van der Waals surface area contributed by atoms with Gasteiger partial charge in [-0.2, -0.15) is 0 Å². The molecular weight excluding hydrogens is 124 g/mol. The van der Waals surface area contributed by atoms with Gasteiger partial charge in [0.05, 0.1) is 6.54 Å². The van der Waals surface area contributed by atoms with Gasteiger partial charge in [0.1, 0.15) is 0 Å². The molecule has 1 nitrogen and oxygen atoms in total. The SMILES string of the molecule is CC(C)N(C)CC(F)F. The Morgan fingerprint density at radius 3 is 1.89 bits per heavy atom. The molecule has 0 bridgehead atoms. The molecule has 0 aliphatic heterocycles. The van der Waals surface area contributed by atoms with Crippen LogP contribution in [0.15, 0.2) is 0 Å². The number of hydrogen-bond donors (Lipinski definition) is 0. The highest BCUT2D eigenvalue weighted by molar-refractivity contribution is 4.56. The van der Waals surface area contributed by atoms with E-state index in [1.54, 1.807) is 11.9 Å². The minimum atomic E-state index is -2.21. The van der Waals surface area contributed by atoms with Crippen LogP contribution in [-0.2, 0) is 0 Å². The second-order valence-corrected chi connectivity index (χ2v) is 2.42. The predicted octanol–water partition coefficient (Wildman–Crippen LogP) is 1.59. The monoisotopic (exact) mass is 137 g/mol. The number of rotatable bonds is 3. The van der Waals surface area contributed by atoms with Crippen molar-refractivity contribution >= 4 is 0 Å². The van der Waals surface area contributed by atoms with E-state index >= 15 is 0 Å². The molecule has 0 rings (SSSR count). The van der Waals surface area contributed by atoms with E-state index in [-0.39, 0.29) is 12.6 Å². The predicted molar refractivity (Wildman–Crippen MR) is 33.8 cm³/mol. The fraction of sp³-hybridized carbons (Fsp3) is 1.00. The number of nitrogens with zero attached hydrogens (tertiary/aromatic N) is 1. The fourth-order valence-electron chi connectivity index (χ4n) is 0.429. The Morgan fingerprint density at radius 1 is 1.33 bits per heavy atom. The van der Waals surface area contributed by atoms with Crippen molar-refractivity contribution in [1.82, 2.24) is 4.90 Å². The van der Waals surface area contributed by atoms with Crippen LogP contribution < -0.4 is 0 Å². The number of alkyl halides is 2. The Hall–Kier alpha value is -0.180. The maximum atomic E-state index is 11.6. The first-order valence-corrected chi connectivity index (χ1v) is 3.02. The van der Waals surface area contributed by atoms with Crippen LogP contribution in [0.25, 0.3) is 0 Å². The molecule has 0 aromatic heterocycles. The normalized spacial score (nSPS) is 12.0. The Labute approximate surface area is 54.7 Å². The van der Waals surface area contributed by atoms with Gasteiger partial charge in [0.25, 0.3) is 6.43 Å². The summed E-state index contributed by atoms with van der Waals surface area (Å²) in [6.45, 7) is 3.66. The molecule has 0 atom stereocenters. The van der Waals surface area contributed by atoms with E-state index in [0.29, 0.717) is 0 Å². The van der Waals surface area contributed by atoms with Gasteiger partial charge < -0.3 is 0 Å². The van der Waals surface area contributed by atoms with Crippen molar-refractivity contribution in [3.63, 3.8) is 0 Å². The second kappa shape index (κ2) is 3.77. The third-order valence-electron chi connectivity index (χ3n) is 1.31. The van der Waals surface area contributed by atoms with E-state index in [1.165, 1.54) is 0 Å². The van der Waals surface area contributed by atoms with Gasteiger partial charge in [0, 0.05) is 6.04 Å². The summed E-state index contributed by atoms with van der Waals surface area (Å²) in [5.74, 6) is 0. The lowest BCUT2D eigenvalue weighted by Gasteiger charge is -2.19. The van der Waals surface area contributed by atoms with E-state index in [9.17, 15) is 8.78 Å². The minimum absolute atomic E-state index is 0.127. The lowest BCUT2D eigenvalue weighted by atomic mass is 10.3. The minimum Gasteiger partial charge on any atom is -0.298 e. The Balaban J connectivity index is 3.38. The van der Waals surface area contributed by atoms with Crippen molar-refractivity contribution in [2.45, 2.75) is 26.3 Å². The molecule has 0 saturated heterocycles. The molecule has 0 amide bonds. The van der Waals surface area contributed by atoms with Crippen molar-refractivity contribution in [2.75, 3.05) is 13.6 Å².